The van der Waals surface area contributed by atoms with Crippen molar-refractivity contribution >= 4 is 23.0 Å². The van der Waals surface area contributed by atoms with E-state index in [1.165, 1.54) is 0 Å². The van der Waals surface area contributed by atoms with Gasteiger partial charge in [-0.25, -0.2) is 0 Å². The number of rotatable bonds is 4. The molecule has 1 saturated carbocycles. The van der Waals surface area contributed by atoms with Crippen LogP contribution in [-0.4, -0.2) is 36.6 Å². The Bertz CT molecular complexity index is 886. The molecular formula is C25H33NO4. The molecule has 2 aliphatic rings. The second-order valence-electron chi connectivity index (χ2n) is 10.7. The number of aliphatic hydroxyl groups excluding tert-OH is 1. The zero-order valence-electron chi connectivity index (χ0n) is 18.9. The molecule has 0 aromatic heterocycles. The Morgan fingerprint density at radius 2 is 1.37 bits per heavy atom. The van der Waals surface area contributed by atoms with Crippen molar-refractivity contribution in [3.8, 4) is 0 Å². The number of anilines is 1. The number of benzene rings is 1. The highest BCUT2D eigenvalue weighted by Gasteiger charge is 2.48. The number of Topliss-reactive ketones (excluding diaryl/α,β-unsaturated/α-hetero) is 3. The summed E-state index contributed by atoms with van der Waals surface area (Å²) in [7, 11) is 3.87. The van der Waals surface area contributed by atoms with Crippen molar-refractivity contribution in [3.63, 3.8) is 0 Å². The van der Waals surface area contributed by atoms with Gasteiger partial charge in [0.1, 0.15) is 17.3 Å². The molecule has 3 rings (SSSR count). The Morgan fingerprint density at radius 1 is 0.867 bits per heavy atom. The van der Waals surface area contributed by atoms with E-state index in [1.54, 1.807) is 0 Å². The first kappa shape index (κ1) is 22.3. The van der Waals surface area contributed by atoms with Gasteiger partial charge < -0.3 is 10.0 Å². The summed E-state index contributed by atoms with van der Waals surface area (Å²) in [5.74, 6) is -2.10. The van der Waals surface area contributed by atoms with Gasteiger partial charge in [-0.2, -0.15) is 0 Å². The number of allylic oxidation sites excluding steroid dienone is 2. The molecule has 0 saturated heterocycles. The van der Waals surface area contributed by atoms with Crippen molar-refractivity contribution in [2.24, 2.45) is 16.7 Å². The first-order valence-corrected chi connectivity index (χ1v) is 10.6. The Morgan fingerprint density at radius 3 is 1.83 bits per heavy atom. The molecule has 1 aromatic carbocycles. The van der Waals surface area contributed by atoms with Crippen LogP contribution in [0.5, 0.6) is 0 Å². The average Bonchev–Trinajstić information content (AvgIpc) is 2.57. The van der Waals surface area contributed by atoms with E-state index in [4.69, 9.17) is 0 Å². The van der Waals surface area contributed by atoms with Gasteiger partial charge in [-0.15, -0.1) is 0 Å². The van der Waals surface area contributed by atoms with Crippen LogP contribution in [0.15, 0.2) is 35.6 Å². The van der Waals surface area contributed by atoms with E-state index < -0.39 is 11.8 Å². The first-order chi connectivity index (χ1) is 13.8. The quantitative estimate of drug-likeness (QED) is 0.732. The second-order valence-corrected chi connectivity index (χ2v) is 10.7. The third kappa shape index (κ3) is 4.35. The van der Waals surface area contributed by atoms with Crippen LogP contribution in [0, 0.1) is 16.7 Å². The third-order valence-electron chi connectivity index (χ3n) is 6.31. The molecule has 5 heteroatoms. The summed E-state index contributed by atoms with van der Waals surface area (Å²) in [6.07, 6.45) is 1.24. The molecule has 0 spiro atoms. The predicted molar refractivity (Wildman–Crippen MR) is 118 cm³/mol. The van der Waals surface area contributed by atoms with E-state index in [-0.39, 0.29) is 39.5 Å². The van der Waals surface area contributed by atoms with Crippen molar-refractivity contribution in [2.45, 2.75) is 59.3 Å². The van der Waals surface area contributed by atoms with Gasteiger partial charge in [0.15, 0.2) is 5.78 Å². The van der Waals surface area contributed by atoms with Crippen molar-refractivity contribution in [1.29, 1.82) is 0 Å². The predicted octanol–water partition coefficient (Wildman–Crippen LogP) is 4.61. The molecular weight excluding hydrogens is 378 g/mol. The lowest BCUT2D eigenvalue weighted by Gasteiger charge is -2.39. The fraction of sp³-hybridized carbons (Fsp3) is 0.560. The minimum atomic E-state index is -0.925. The molecule has 1 unspecified atom stereocenters. The van der Waals surface area contributed by atoms with Gasteiger partial charge in [-0.3, -0.25) is 14.4 Å². The second kappa shape index (κ2) is 7.68. The molecule has 0 heterocycles. The maximum absolute atomic E-state index is 13.1. The van der Waals surface area contributed by atoms with Gasteiger partial charge in [-0.05, 0) is 28.5 Å². The van der Waals surface area contributed by atoms with E-state index in [0.29, 0.717) is 25.7 Å². The largest absolute Gasteiger partial charge is 0.512 e. The van der Waals surface area contributed by atoms with E-state index in [1.807, 2.05) is 71.0 Å². The fourth-order valence-electron chi connectivity index (χ4n) is 4.94. The van der Waals surface area contributed by atoms with E-state index in [2.05, 4.69) is 0 Å². The number of carbonyl (C=O) groups excluding carboxylic acids is 3. The van der Waals surface area contributed by atoms with Crippen molar-refractivity contribution in [1.82, 2.24) is 0 Å². The molecule has 0 amide bonds. The molecule has 30 heavy (non-hydrogen) atoms. The molecule has 0 radical (unpaired) electrons. The summed E-state index contributed by atoms with van der Waals surface area (Å²) in [6.45, 7) is 7.73. The molecule has 0 aliphatic heterocycles. The van der Waals surface area contributed by atoms with Crippen molar-refractivity contribution in [3.05, 3.63) is 41.2 Å². The highest BCUT2D eigenvalue weighted by molar-refractivity contribution is 6.09. The maximum atomic E-state index is 13.1. The zero-order valence-corrected chi connectivity index (χ0v) is 18.9. The van der Waals surface area contributed by atoms with Crippen LogP contribution in [0.3, 0.4) is 0 Å². The molecule has 162 valence electrons. The van der Waals surface area contributed by atoms with Crippen LogP contribution >= 0.6 is 0 Å². The number of carbonyl (C=O) groups is 3. The smallest absolute Gasteiger partial charge is 0.163 e. The number of hydrogen-bond acceptors (Lipinski definition) is 5. The molecule has 1 aromatic rings. The third-order valence-corrected chi connectivity index (χ3v) is 6.31. The van der Waals surface area contributed by atoms with Crippen LogP contribution in [-0.2, 0) is 14.4 Å². The Kier molecular flexibility index (Phi) is 5.70. The van der Waals surface area contributed by atoms with Crippen LogP contribution in [0.4, 0.5) is 5.69 Å². The first-order valence-electron chi connectivity index (χ1n) is 10.6. The summed E-state index contributed by atoms with van der Waals surface area (Å²) in [5.41, 5.74) is 1.24. The molecule has 1 fully saturated rings. The summed E-state index contributed by atoms with van der Waals surface area (Å²) in [6, 6.07) is 7.57. The standard InChI is InChI=1S/C25H33NO4/c1-24(2)11-17(27)22(18(28)12-24)21(15-7-9-16(10-8-15)26(5)6)23-19(29)13-25(3,4)14-20(23)30/h7-10,21-22,29H,11-14H2,1-6H3. The monoisotopic (exact) mass is 411 g/mol. The summed E-state index contributed by atoms with van der Waals surface area (Å²) in [4.78, 5) is 41.4. The summed E-state index contributed by atoms with van der Waals surface area (Å²) >= 11 is 0. The Hall–Kier alpha value is -2.43. The van der Waals surface area contributed by atoms with Crippen LogP contribution in [0.2, 0.25) is 0 Å². The number of nitrogens with zero attached hydrogens (tertiary/aromatic N) is 1. The van der Waals surface area contributed by atoms with Gasteiger partial charge in [0.25, 0.3) is 0 Å². The van der Waals surface area contributed by atoms with Gasteiger partial charge in [-0.1, -0.05) is 39.8 Å². The highest BCUT2D eigenvalue weighted by Crippen LogP contribution is 2.47. The Labute approximate surface area is 179 Å². The topological polar surface area (TPSA) is 74.7 Å². The summed E-state index contributed by atoms with van der Waals surface area (Å²) in [5, 5.41) is 10.9. The van der Waals surface area contributed by atoms with E-state index in [9.17, 15) is 19.5 Å². The molecule has 1 atom stereocenters. The Balaban J connectivity index is 2.14. The minimum absolute atomic E-state index is 0.0170. The van der Waals surface area contributed by atoms with Crippen LogP contribution in [0.1, 0.15) is 64.9 Å². The lowest BCUT2D eigenvalue weighted by atomic mass is 9.62. The lowest BCUT2D eigenvalue weighted by molar-refractivity contribution is -0.140. The van der Waals surface area contributed by atoms with Crippen LogP contribution < -0.4 is 4.90 Å². The summed E-state index contributed by atoms with van der Waals surface area (Å²) < 4.78 is 0. The lowest BCUT2D eigenvalue weighted by Crippen LogP contribution is -2.43. The number of ketones is 3. The molecule has 0 bridgehead atoms. The molecule has 1 N–H and O–H groups in total. The number of hydrogen-bond donors (Lipinski definition) is 1. The van der Waals surface area contributed by atoms with Crippen LogP contribution in [0.25, 0.3) is 0 Å². The molecule has 2 aliphatic carbocycles. The van der Waals surface area contributed by atoms with E-state index in [0.717, 1.165) is 11.3 Å². The molecule has 5 nitrogen and oxygen atoms in total. The minimum Gasteiger partial charge on any atom is -0.512 e. The van der Waals surface area contributed by atoms with Gasteiger partial charge in [0.05, 0.1) is 5.92 Å². The normalized spacial score (nSPS) is 22.9. The SMILES string of the molecule is CN(C)c1ccc(C(C2=C(O)CC(C)(C)CC2=O)C2C(=O)CC(C)(C)CC2=O)cc1. The average molecular weight is 412 g/mol. The van der Waals surface area contributed by atoms with Gasteiger partial charge in [0, 0.05) is 57.0 Å². The van der Waals surface area contributed by atoms with Gasteiger partial charge in [0.2, 0.25) is 0 Å². The maximum Gasteiger partial charge on any atom is 0.163 e. The van der Waals surface area contributed by atoms with Crippen molar-refractivity contribution in [2.75, 3.05) is 19.0 Å². The van der Waals surface area contributed by atoms with E-state index >= 15 is 0 Å². The zero-order chi connectivity index (χ0) is 22.4. The highest BCUT2D eigenvalue weighted by atomic mass is 16.3. The number of aliphatic hydroxyl groups is 1. The fourth-order valence-corrected chi connectivity index (χ4v) is 4.94. The van der Waals surface area contributed by atoms with Crippen molar-refractivity contribution < 1.29 is 19.5 Å². The van der Waals surface area contributed by atoms with Gasteiger partial charge >= 0.3 is 0 Å².